The molecule has 1 aliphatic heterocycles. The molecule has 1 unspecified atom stereocenters. The molecule has 1 heterocycles. The van der Waals surface area contributed by atoms with E-state index in [1.165, 1.54) is 6.07 Å². The molecular weight excluding hydrogens is 307 g/mol. The zero-order valence-electron chi connectivity index (χ0n) is 9.75. The molecule has 0 aromatic heterocycles. The number of nitrogens with zero attached hydrogens (tertiary/aromatic N) is 1. The molecule has 0 radical (unpaired) electrons. The molecule has 0 spiro atoms. The predicted molar refractivity (Wildman–Crippen MR) is 74.1 cm³/mol. The zero-order valence-corrected chi connectivity index (χ0v) is 12.2. The first-order valence-electron chi connectivity index (χ1n) is 5.55. The molecule has 0 aliphatic carbocycles. The topological polar surface area (TPSA) is 15.3 Å². The predicted octanol–water partition coefficient (Wildman–Crippen LogP) is 2.80. The average molecular weight is 324 g/mol. The van der Waals surface area contributed by atoms with Gasteiger partial charge in [-0.2, -0.15) is 0 Å². The molecule has 1 aromatic rings. The Morgan fingerprint density at radius 1 is 1.53 bits per heavy atom. The zero-order chi connectivity index (χ0) is 11.5. The number of benzene rings is 1. The van der Waals surface area contributed by atoms with Gasteiger partial charge >= 0.3 is 0 Å². The highest BCUT2D eigenvalue weighted by atomic mass is 79.9. The minimum Gasteiger partial charge on any atom is -0.312 e. The Bertz CT molecular complexity index is 376. The minimum atomic E-state index is -0.124. The van der Waals surface area contributed by atoms with E-state index in [-0.39, 0.29) is 18.2 Å². The molecule has 1 fully saturated rings. The molecule has 5 heteroatoms. The summed E-state index contributed by atoms with van der Waals surface area (Å²) in [5.41, 5.74) is 0.775. The lowest BCUT2D eigenvalue weighted by Gasteiger charge is -2.31. The summed E-state index contributed by atoms with van der Waals surface area (Å²) in [4.78, 5) is 2.29. The summed E-state index contributed by atoms with van der Waals surface area (Å²) in [5, 5.41) is 3.38. The lowest BCUT2D eigenvalue weighted by Crippen LogP contribution is -2.48. The Morgan fingerprint density at radius 3 is 2.94 bits per heavy atom. The molecule has 0 bridgehead atoms. The highest BCUT2D eigenvalue weighted by Gasteiger charge is 2.16. The SMILES string of the molecule is CC1CN(Cc2ccc(Br)cc2F)CCN1.Cl. The summed E-state index contributed by atoms with van der Waals surface area (Å²) in [6.07, 6.45) is 0. The van der Waals surface area contributed by atoms with Crippen LogP contribution in [0.4, 0.5) is 4.39 Å². The van der Waals surface area contributed by atoms with Crippen LogP contribution < -0.4 is 5.32 Å². The fourth-order valence-corrected chi connectivity index (χ4v) is 2.38. The van der Waals surface area contributed by atoms with E-state index in [4.69, 9.17) is 0 Å². The van der Waals surface area contributed by atoms with Crippen LogP contribution in [0.5, 0.6) is 0 Å². The van der Waals surface area contributed by atoms with E-state index >= 15 is 0 Å². The van der Waals surface area contributed by atoms with Gasteiger partial charge in [-0.15, -0.1) is 12.4 Å². The van der Waals surface area contributed by atoms with E-state index in [0.717, 1.165) is 29.7 Å². The second kappa shape index (κ2) is 6.69. The highest BCUT2D eigenvalue weighted by Crippen LogP contribution is 2.17. The van der Waals surface area contributed by atoms with Gasteiger partial charge in [0.15, 0.2) is 0 Å². The summed E-state index contributed by atoms with van der Waals surface area (Å²) in [5.74, 6) is -0.124. The Balaban J connectivity index is 0.00000144. The molecule has 1 N–H and O–H groups in total. The van der Waals surface area contributed by atoms with Crippen molar-refractivity contribution in [3.63, 3.8) is 0 Å². The molecule has 1 atom stereocenters. The van der Waals surface area contributed by atoms with Gasteiger partial charge in [0.25, 0.3) is 0 Å². The number of rotatable bonds is 2. The van der Waals surface area contributed by atoms with Crippen LogP contribution in [0.15, 0.2) is 22.7 Å². The number of hydrogen-bond donors (Lipinski definition) is 1. The molecular formula is C12H17BrClFN2. The molecule has 0 amide bonds. The molecule has 0 saturated carbocycles. The van der Waals surface area contributed by atoms with Gasteiger partial charge in [-0.1, -0.05) is 22.0 Å². The van der Waals surface area contributed by atoms with Crippen molar-refractivity contribution in [3.8, 4) is 0 Å². The largest absolute Gasteiger partial charge is 0.312 e. The lowest BCUT2D eigenvalue weighted by molar-refractivity contribution is 0.197. The monoisotopic (exact) mass is 322 g/mol. The fourth-order valence-electron chi connectivity index (χ4n) is 2.05. The summed E-state index contributed by atoms with van der Waals surface area (Å²) >= 11 is 3.27. The van der Waals surface area contributed by atoms with E-state index in [2.05, 4.69) is 33.1 Å². The standard InChI is InChI=1S/C12H16BrFN2.ClH/c1-9-7-16(5-4-15-9)8-10-2-3-11(13)6-12(10)14;/h2-3,6,9,15H,4-5,7-8H2,1H3;1H. The van der Waals surface area contributed by atoms with Crippen LogP contribution in [-0.4, -0.2) is 30.6 Å². The molecule has 17 heavy (non-hydrogen) atoms. The fraction of sp³-hybridized carbons (Fsp3) is 0.500. The lowest BCUT2D eigenvalue weighted by atomic mass is 10.1. The number of nitrogens with one attached hydrogen (secondary N) is 1. The number of piperazine rings is 1. The highest BCUT2D eigenvalue weighted by molar-refractivity contribution is 9.10. The van der Waals surface area contributed by atoms with Crippen LogP contribution in [-0.2, 0) is 6.54 Å². The normalized spacial score (nSPS) is 21.0. The van der Waals surface area contributed by atoms with Crippen LogP contribution in [0.1, 0.15) is 12.5 Å². The maximum absolute atomic E-state index is 13.6. The maximum atomic E-state index is 13.6. The third-order valence-electron chi connectivity index (χ3n) is 2.86. The second-order valence-corrected chi connectivity index (χ2v) is 5.24. The van der Waals surface area contributed by atoms with Crippen LogP contribution in [0, 0.1) is 5.82 Å². The molecule has 1 aliphatic rings. The molecule has 1 aromatic carbocycles. The van der Waals surface area contributed by atoms with Gasteiger partial charge in [-0.05, 0) is 19.1 Å². The van der Waals surface area contributed by atoms with Gasteiger partial charge < -0.3 is 5.32 Å². The first-order valence-corrected chi connectivity index (χ1v) is 6.34. The molecule has 2 nitrogen and oxygen atoms in total. The van der Waals surface area contributed by atoms with E-state index in [9.17, 15) is 4.39 Å². The Morgan fingerprint density at radius 2 is 2.29 bits per heavy atom. The van der Waals surface area contributed by atoms with Gasteiger partial charge in [-0.25, -0.2) is 4.39 Å². The van der Waals surface area contributed by atoms with Gasteiger partial charge in [0.2, 0.25) is 0 Å². The van der Waals surface area contributed by atoms with Gasteiger partial charge in [0.05, 0.1) is 0 Å². The van der Waals surface area contributed by atoms with Gasteiger partial charge in [0, 0.05) is 42.3 Å². The molecule has 1 saturated heterocycles. The Kier molecular flexibility index (Phi) is 5.86. The first-order chi connectivity index (χ1) is 7.65. The van der Waals surface area contributed by atoms with Gasteiger partial charge in [0.1, 0.15) is 5.82 Å². The quantitative estimate of drug-likeness (QED) is 0.900. The summed E-state index contributed by atoms with van der Waals surface area (Å²) < 4.78 is 14.4. The first kappa shape index (κ1) is 14.9. The van der Waals surface area contributed by atoms with Crippen LogP contribution >= 0.6 is 28.3 Å². The summed E-state index contributed by atoms with van der Waals surface area (Å²) in [7, 11) is 0. The van der Waals surface area contributed by atoms with Crippen LogP contribution in [0.2, 0.25) is 0 Å². The van der Waals surface area contributed by atoms with Crippen molar-refractivity contribution >= 4 is 28.3 Å². The van der Waals surface area contributed by atoms with Crippen molar-refractivity contribution in [1.29, 1.82) is 0 Å². The van der Waals surface area contributed by atoms with Crippen molar-refractivity contribution < 1.29 is 4.39 Å². The third-order valence-corrected chi connectivity index (χ3v) is 3.36. The van der Waals surface area contributed by atoms with E-state index in [0.29, 0.717) is 12.6 Å². The smallest absolute Gasteiger partial charge is 0.128 e. The number of hydrogen-bond acceptors (Lipinski definition) is 2. The van der Waals surface area contributed by atoms with Crippen LogP contribution in [0.25, 0.3) is 0 Å². The van der Waals surface area contributed by atoms with Crippen LogP contribution in [0.3, 0.4) is 0 Å². The van der Waals surface area contributed by atoms with Crippen molar-refractivity contribution in [2.45, 2.75) is 19.5 Å². The number of halogens is 3. The molecule has 96 valence electrons. The van der Waals surface area contributed by atoms with E-state index in [1.807, 2.05) is 12.1 Å². The Labute approximate surface area is 116 Å². The maximum Gasteiger partial charge on any atom is 0.128 e. The summed E-state index contributed by atoms with van der Waals surface area (Å²) in [6, 6.07) is 5.77. The summed E-state index contributed by atoms with van der Waals surface area (Å²) in [6.45, 7) is 5.81. The third kappa shape index (κ3) is 4.21. The van der Waals surface area contributed by atoms with Crippen molar-refractivity contribution in [3.05, 3.63) is 34.1 Å². The van der Waals surface area contributed by atoms with Crippen molar-refractivity contribution in [2.75, 3.05) is 19.6 Å². The van der Waals surface area contributed by atoms with Gasteiger partial charge in [-0.3, -0.25) is 4.90 Å². The Hall–Kier alpha value is -0.160. The van der Waals surface area contributed by atoms with Crippen molar-refractivity contribution in [1.82, 2.24) is 10.2 Å². The average Bonchev–Trinajstić information content (AvgIpc) is 2.22. The molecule has 2 rings (SSSR count). The van der Waals surface area contributed by atoms with Crippen molar-refractivity contribution in [2.24, 2.45) is 0 Å². The van der Waals surface area contributed by atoms with E-state index in [1.54, 1.807) is 0 Å². The van der Waals surface area contributed by atoms with E-state index < -0.39 is 0 Å². The minimum absolute atomic E-state index is 0. The second-order valence-electron chi connectivity index (χ2n) is 4.33.